The standard InChI is InChI=1S/C15H15NO4/c1-15(2)8-19-14(16-15)12-6-10-9(7-17)4-5-11(18-3)13(10)20-12/h4-7H,8H2,1-3H3. The molecule has 2 heterocycles. The first-order valence-corrected chi connectivity index (χ1v) is 6.33. The maximum atomic E-state index is 11.1. The zero-order valence-corrected chi connectivity index (χ0v) is 11.6. The molecule has 0 spiro atoms. The van der Waals surface area contributed by atoms with Crippen molar-refractivity contribution < 1.29 is 18.7 Å². The van der Waals surface area contributed by atoms with E-state index in [0.29, 0.717) is 40.5 Å². The zero-order chi connectivity index (χ0) is 14.3. The summed E-state index contributed by atoms with van der Waals surface area (Å²) >= 11 is 0. The van der Waals surface area contributed by atoms with Crippen LogP contribution in [0.15, 0.2) is 27.6 Å². The van der Waals surface area contributed by atoms with Gasteiger partial charge in [0.25, 0.3) is 5.90 Å². The second-order valence-corrected chi connectivity index (χ2v) is 5.35. The Bertz CT molecular complexity index is 712. The highest BCUT2D eigenvalue weighted by molar-refractivity contribution is 6.03. The molecule has 0 radical (unpaired) electrons. The molecule has 0 atom stereocenters. The molecule has 0 saturated heterocycles. The predicted octanol–water partition coefficient (Wildman–Crippen LogP) is 2.81. The molecular weight excluding hydrogens is 258 g/mol. The van der Waals surface area contributed by atoms with Crippen LogP contribution in [-0.2, 0) is 4.74 Å². The minimum atomic E-state index is -0.258. The summed E-state index contributed by atoms with van der Waals surface area (Å²) in [4.78, 5) is 15.6. The summed E-state index contributed by atoms with van der Waals surface area (Å²) in [5.74, 6) is 1.55. The molecule has 3 rings (SSSR count). The molecule has 0 aliphatic carbocycles. The molecular formula is C15H15NO4. The molecule has 20 heavy (non-hydrogen) atoms. The Hall–Kier alpha value is -2.30. The van der Waals surface area contributed by atoms with Gasteiger partial charge in [0, 0.05) is 10.9 Å². The number of aliphatic imine (C=N–C) groups is 1. The average Bonchev–Trinajstić information content (AvgIpc) is 3.00. The monoisotopic (exact) mass is 273 g/mol. The summed E-state index contributed by atoms with van der Waals surface area (Å²) < 4.78 is 16.6. The molecule has 0 fully saturated rings. The van der Waals surface area contributed by atoms with Gasteiger partial charge in [-0.3, -0.25) is 4.79 Å². The number of fused-ring (bicyclic) bond motifs is 1. The molecule has 2 aromatic rings. The fraction of sp³-hybridized carbons (Fsp3) is 0.333. The minimum absolute atomic E-state index is 0.258. The Balaban J connectivity index is 2.18. The Kier molecular flexibility index (Phi) is 2.78. The number of furan rings is 1. The number of aldehydes is 1. The van der Waals surface area contributed by atoms with E-state index in [1.54, 1.807) is 25.3 Å². The number of hydrogen-bond acceptors (Lipinski definition) is 5. The Morgan fingerprint density at radius 2 is 2.20 bits per heavy atom. The highest BCUT2D eigenvalue weighted by Crippen LogP contribution is 2.32. The molecule has 0 unspecified atom stereocenters. The number of ether oxygens (including phenoxy) is 2. The zero-order valence-electron chi connectivity index (χ0n) is 11.6. The molecule has 0 bridgehead atoms. The lowest BCUT2D eigenvalue weighted by atomic mass is 10.1. The average molecular weight is 273 g/mol. The number of carbonyl (C=O) groups is 1. The largest absolute Gasteiger partial charge is 0.493 e. The third kappa shape index (κ3) is 1.95. The minimum Gasteiger partial charge on any atom is -0.493 e. The van der Waals surface area contributed by atoms with Gasteiger partial charge in [0.15, 0.2) is 23.4 Å². The molecule has 1 aromatic heterocycles. The normalized spacial score (nSPS) is 16.9. The van der Waals surface area contributed by atoms with Crippen LogP contribution in [-0.4, -0.2) is 31.4 Å². The summed E-state index contributed by atoms with van der Waals surface area (Å²) in [5.41, 5.74) is 0.822. The van der Waals surface area contributed by atoms with Gasteiger partial charge < -0.3 is 13.9 Å². The van der Waals surface area contributed by atoms with Gasteiger partial charge in [-0.25, -0.2) is 4.99 Å². The van der Waals surface area contributed by atoms with E-state index in [-0.39, 0.29) is 5.54 Å². The Morgan fingerprint density at radius 1 is 1.40 bits per heavy atom. The number of nitrogens with zero attached hydrogens (tertiary/aromatic N) is 1. The first kappa shape index (κ1) is 12.7. The third-order valence-corrected chi connectivity index (χ3v) is 3.21. The number of benzene rings is 1. The highest BCUT2D eigenvalue weighted by Gasteiger charge is 2.29. The van der Waals surface area contributed by atoms with Crippen LogP contribution in [0.2, 0.25) is 0 Å². The molecule has 0 N–H and O–H groups in total. The summed E-state index contributed by atoms with van der Waals surface area (Å²) in [7, 11) is 1.56. The SMILES string of the molecule is COc1ccc(C=O)c2cc(C3=NC(C)(C)CO3)oc12. The van der Waals surface area contributed by atoms with Crippen LogP contribution in [0.25, 0.3) is 11.0 Å². The van der Waals surface area contributed by atoms with E-state index < -0.39 is 0 Å². The van der Waals surface area contributed by atoms with Gasteiger partial charge >= 0.3 is 0 Å². The Morgan fingerprint density at radius 3 is 2.80 bits per heavy atom. The van der Waals surface area contributed by atoms with Crippen molar-refractivity contribution in [2.45, 2.75) is 19.4 Å². The van der Waals surface area contributed by atoms with Crippen LogP contribution >= 0.6 is 0 Å². The second kappa shape index (κ2) is 4.37. The van der Waals surface area contributed by atoms with E-state index in [2.05, 4.69) is 4.99 Å². The van der Waals surface area contributed by atoms with E-state index in [1.165, 1.54) is 0 Å². The van der Waals surface area contributed by atoms with E-state index in [4.69, 9.17) is 13.9 Å². The fourth-order valence-corrected chi connectivity index (χ4v) is 2.20. The number of carbonyl (C=O) groups excluding carboxylic acids is 1. The smallest absolute Gasteiger partial charge is 0.253 e. The van der Waals surface area contributed by atoms with Gasteiger partial charge in [0.2, 0.25) is 0 Å². The van der Waals surface area contributed by atoms with Crippen molar-refractivity contribution in [2.24, 2.45) is 4.99 Å². The van der Waals surface area contributed by atoms with Gasteiger partial charge in [0.1, 0.15) is 6.61 Å². The molecule has 5 heteroatoms. The van der Waals surface area contributed by atoms with Crippen LogP contribution in [0.5, 0.6) is 5.75 Å². The maximum absolute atomic E-state index is 11.1. The van der Waals surface area contributed by atoms with Crippen molar-refractivity contribution in [3.8, 4) is 5.75 Å². The van der Waals surface area contributed by atoms with Gasteiger partial charge in [0.05, 0.1) is 12.6 Å². The van der Waals surface area contributed by atoms with E-state index >= 15 is 0 Å². The van der Waals surface area contributed by atoms with Gasteiger partial charge in [-0.05, 0) is 32.0 Å². The quantitative estimate of drug-likeness (QED) is 0.807. The van der Waals surface area contributed by atoms with Crippen molar-refractivity contribution in [3.05, 3.63) is 29.5 Å². The molecule has 0 amide bonds. The first-order valence-electron chi connectivity index (χ1n) is 6.33. The van der Waals surface area contributed by atoms with Crippen LogP contribution in [0.1, 0.15) is 30.0 Å². The topological polar surface area (TPSA) is 61.0 Å². The molecule has 0 saturated carbocycles. The van der Waals surface area contributed by atoms with Crippen molar-refractivity contribution in [3.63, 3.8) is 0 Å². The van der Waals surface area contributed by atoms with E-state index in [0.717, 1.165) is 6.29 Å². The number of methoxy groups -OCH3 is 1. The molecule has 5 nitrogen and oxygen atoms in total. The molecule has 1 aliphatic heterocycles. The van der Waals surface area contributed by atoms with Crippen LogP contribution < -0.4 is 4.74 Å². The van der Waals surface area contributed by atoms with Crippen molar-refractivity contribution >= 4 is 23.2 Å². The summed E-state index contributed by atoms with van der Waals surface area (Å²) in [6.07, 6.45) is 0.794. The van der Waals surface area contributed by atoms with Crippen molar-refractivity contribution in [1.29, 1.82) is 0 Å². The van der Waals surface area contributed by atoms with Gasteiger partial charge in [-0.15, -0.1) is 0 Å². The van der Waals surface area contributed by atoms with Crippen molar-refractivity contribution in [1.82, 2.24) is 0 Å². The predicted molar refractivity (Wildman–Crippen MR) is 74.7 cm³/mol. The van der Waals surface area contributed by atoms with E-state index in [9.17, 15) is 4.79 Å². The van der Waals surface area contributed by atoms with E-state index in [1.807, 2.05) is 13.8 Å². The summed E-state index contributed by atoms with van der Waals surface area (Å²) in [6.45, 7) is 4.48. The lowest BCUT2D eigenvalue weighted by molar-refractivity contribution is 0.112. The highest BCUT2D eigenvalue weighted by atomic mass is 16.5. The maximum Gasteiger partial charge on any atom is 0.253 e. The third-order valence-electron chi connectivity index (χ3n) is 3.21. The Labute approximate surface area is 116 Å². The lowest BCUT2D eigenvalue weighted by Gasteiger charge is -2.07. The van der Waals surface area contributed by atoms with Crippen LogP contribution in [0.4, 0.5) is 0 Å². The molecule has 1 aromatic carbocycles. The second-order valence-electron chi connectivity index (χ2n) is 5.35. The number of rotatable bonds is 3. The van der Waals surface area contributed by atoms with Crippen molar-refractivity contribution in [2.75, 3.05) is 13.7 Å². The molecule has 104 valence electrons. The van der Waals surface area contributed by atoms with Crippen LogP contribution in [0, 0.1) is 0 Å². The lowest BCUT2D eigenvalue weighted by Crippen LogP contribution is -2.17. The van der Waals surface area contributed by atoms with Gasteiger partial charge in [-0.1, -0.05) is 0 Å². The summed E-state index contributed by atoms with van der Waals surface area (Å²) in [5, 5.41) is 0.699. The molecule has 1 aliphatic rings. The first-order chi connectivity index (χ1) is 9.54. The number of hydrogen-bond donors (Lipinski definition) is 0. The fourth-order valence-electron chi connectivity index (χ4n) is 2.20. The summed E-state index contributed by atoms with van der Waals surface area (Å²) in [6, 6.07) is 5.18. The van der Waals surface area contributed by atoms with Gasteiger partial charge in [-0.2, -0.15) is 0 Å². The van der Waals surface area contributed by atoms with Crippen LogP contribution in [0.3, 0.4) is 0 Å².